The Kier molecular flexibility index (Phi) is 6.11. The molecule has 102 valence electrons. The Morgan fingerprint density at radius 2 is 2.21 bits per heavy atom. The molecule has 3 nitrogen and oxygen atoms in total. The predicted octanol–water partition coefficient (Wildman–Crippen LogP) is 2.11. The minimum atomic E-state index is -0.177. The van der Waals surface area contributed by atoms with Gasteiger partial charge in [0.15, 0.2) is 0 Å². The van der Waals surface area contributed by atoms with Gasteiger partial charge >= 0.3 is 0 Å². The van der Waals surface area contributed by atoms with E-state index in [9.17, 15) is 4.79 Å². The van der Waals surface area contributed by atoms with Gasteiger partial charge in [-0.2, -0.15) is 0 Å². The van der Waals surface area contributed by atoms with Crippen LogP contribution < -0.4 is 5.32 Å². The van der Waals surface area contributed by atoms with Crippen LogP contribution in [0.1, 0.15) is 41.8 Å². The molecule has 1 atom stereocenters. The van der Waals surface area contributed by atoms with Gasteiger partial charge in [-0.1, -0.05) is 38.2 Å². The number of hydrogen-bond acceptors (Lipinski definition) is 2. The molecule has 0 radical (unpaired) electrons. The summed E-state index contributed by atoms with van der Waals surface area (Å²) in [4.78, 5) is 12.1. The molecule has 0 aliphatic carbocycles. The van der Waals surface area contributed by atoms with Crippen LogP contribution in [-0.4, -0.2) is 24.2 Å². The van der Waals surface area contributed by atoms with E-state index in [-0.39, 0.29) is 12.5 Å². The maximum Gasteiger partial charge on any atom is 0.251 e. The molecule has 0 heterocycles. The zero-order valence-corrected chi connectivity index (χ0v) is 11.8. The standard InChI is InChI=1S/C16H21NO2/c1-4-12(2)11-17-16(19)15-9-5-7-14(13(15)3)8-6-10-18/h5,7,9,12,18H,4,10-11H2,1-3H3,(H,17,19). The molecule has 0 aliphatic rings. The fraction of sp³-hybridized carbons (Fsp3) is 0.438. The van der Waals surface area contributed by atoms with E-state index in [1.54, 1.807) is 6.07 Å². The summed E-state index contributed by atoms with van der Waals surface area (Å²) in [6.07, 6.45) is 1.04. The second-order valence-electron chi connectivity index (χ2n) is 4.66. The predicted molar refractivity (Wildman–Crippen MR) is 76.9 cm³/mol. The topological polar surface area (TPSA) is 49.3 Å². The summed E-state index contributed by atoms with van der Waals surface area (Å²) >= 11 is 0. The Bertz CT molecular complexity index is 497. The summed E-state index contributed by atoms with van der Waals surface area (Å²) in [5.41, 5.74) is 2.28. The van der Waals surface area contributed by atoms with Gasteiger partial charge < -0.3 is 10.4 Å². The molecule has 0 bridgehead atoms. The van der Waals surface area contributed by atoms with Crippen molar-refractivity contribution < 1.29 is 9.90 Å². The number of rotatable bonds is 4. The average molecular weight is 259 g/mol. The molecular weight excluding hydrogens is 238 g/mol. The van der Waals surface area contributed by atoms with Crippen molar-refractivity contribution in [2.24, 2.45) is 5.92 Å². The van der Waals surface area contributed by atoms with Crippen LogP contribution in [0.4, 0.5) is 0 Å². The van der Waals surface area contributed by atoms with Gasteiger partial charge in [0.05, 0.1) is 0 Å². The van der Waals surface area contributed by atoms with E-state index in [4.69, 9.17) is 5.11 Å². The molecule has 1 aromatic rings. The van der Waals surface area contributed by atoms with E-state index in [1.165, 1.54) is 0 Å². The lowest BCUT2D eigenvalue weighted by molar-refractivity contribution is 0.0947. The highest BCUT2D eigenvalue weighted by Gasteiger charge is 2.11. The van der Waals surface area contributed by atoms with Crippen molar-refractivity contribution in [3.05, 3.63) is 34.9 Å². The molecule has 0 spiro atoms. The van der Waals surface area contributed by atoms with Crippen molar-refractivity contribution in [2.75, 3.05) is 13.2 Å². The number of amides is 1. The van der Waals surface area contributed by atoms with Crippen LogP contribution in [0.2, 0.25) is 0 Å². The molecule has 1 rings (SSSR count). The summed E-state index contributed by atoms with van der Waals surface area (Å²) in [7, 11) is 0. The zero-order valence-electron chi connectivity index (χ0n) is 11.8. The summed E-state index contributed by atoms with van der Waals surface area (Å²) in [5.74, 6) is 5.87. The van der Waals surface area contributed by atoms with Crippen molar-refractivity contribution in [3.8, 4) is 11.8 Å². The Morgan fingerprint density at radius 3 is 2.84 bits per heavy atom. The first-order valence-corrected chi connectivity index (χ1v) is 6.57. The normalized spacial score (nSPS) is 11.4. The minimum absolute atomic E-state index is 0.0644. The smallest absolute Gasteiger partial charge is 0.251 e. The quantitative estimate of drug-likeness (QED) is 0.814. The van der Waals surface area contributed by atoms with Crippen LogP contribution in [0.15, 0.2) is 18.2 Å². The van der Waals surface area contributed by atoms with E-state index in [0.717, 1.165) is 17.5 Å². The lowest BCUT2D eigenvalue weighted by Gasteiger charge is -2.12. The number of carbonyl (C=O) groups is 1. The van der Waals surface area contributed by atoms with Gasteiger partial charge in [0.1, 0.15) is 6.61 Å². The van der Waals surface area contributed by atoms with Crippen LogP contribution in [-0.2, 0) is 0 Å². The van der Waals surface area contributed by atoms with E-state index >= 15 is 0 Å². The van der Waals surface area contributed by atoms with Crippen molar-refractivity contribution >= 4 is 5.91 Å². The van der Waals surface area contributed by atoms with Gasteiger partial charge in [0.25, 0.3) is 5.91 Å². The first kappa shape index (κ1) is 15.3. The van der Waals surface area contributed by atoms with E-state index in [1.807, 2.05) is 19.1 Å². The lowest BCUT2D eigenvalue weighted by Crippen LogP contribution is -2.28. The highest BCUT2D eigenvalue weighted by Crippen LogP contribution is 2.13. The Balaban J connectivity index is 2.86. The van der Waals surface area contributed by atoms with Crippen LogP contribution in [0.25, 0.3) is 0 Å². The number of hydrogen-bond donors (Lipinski definition) is 2. The van der Waals surface area contributed by atoms with E-state index in [0.29, 0.717) is 18.0 Å². The number of benzene rings is 1. The maximum atomic E-state index is 12.1. The molecule has 0 aliphatic heterocycles. The van der Waals surface area contributed by atoms with Crippen LogP contribution >= 0.6 is 0 Å². The third kappa shape index (κ3) is 4.42. The van der Waals surface area contributed by atoms with Crippen molar-refractivity contribution in [1.82, 2.24) is 5.32 Å². The number of nitrogens with one attached hydrogen (secondary N) is 1. The molecule has 0 saturated carbocycles. The van der Waals surface area contributed by atoms with E-state index < -0.39 is 0 Å². The lowest BCUT2D eigenvalue weighted by atomic mass is 10.0. The van der Waals surface area contributed by atoms with Gasteiger partial charge in [-0.25, -0.2) is 0 Å². The highest BCUT2D eigenvalue weighted by molar-refractivity contribution is 5.96. The number of aliphatic hydroxyl groups is 1. The SMILES string of the molecule is CCC(C)CNC(=O)c1cccc(C#CCO)c1C. The van der Waals surface area contributed by atoms with Gasteiger partial charge in [0, 0.05) is 17.7 Å². The summed E-state index contributed by atoms with van der Waals surface area (Å²) in [6.45, 7) is 6.59. The van der Waals surface area contributed by atoms with Crippen LogP contribution in [0, 0.1) is 24.7 Å². The van der Waals surface area contributed by atoms with Gasteiger partial charge in [-0.3, -0.25) is 4.79 Å². The van der Waals surface area contributed by atoms with Gasteiger partial charge in [0.2, 0.25) is 0 Å². The number of aliphatic hydroxyl groups excluding tert-OH is 1. The third-order valence-electron chi connectivity index (χ3n) is 3.19. The molecule has 1 unspecified atom stereocenters. The Hall–Kier alpha value is -1.79. The summed E-state index contributed by atoms with van der Waals surface area (Å²) in [5, 5.41) is 11.7. The summed E-state index contributed by atoms with van der Waals surface area (Å²) < 4.78 is 0. The van der Waals surface area contributed by atoms with Crippen molar-refractivity contribution in [3.63, 3.8) is 0 Å². The third-order valence-corrected chi connectivity index (χ3v) is 3.19. The molecular formula is C16H21NO2. The largest absolute Gasteiger partial charge is 0.384 e. The Labute approximate surface area is 115 Å². The highest BCUT2D eigenvalue weighted by atomic mass is 16.2. The zero-order chi connectivity index (χ0) is 14.3. The molecule has 3 heteroatoms. The molecule has 19 heavy (non-hydrogen) atoms. The van der Waals surface area contributed by atoms with Gasteiger partial charge in [-0.05, 0) is 30.5 Å². The van der Waals surface area contributed by atoms with Gasteiger partial charge in [-0.15, -0.1) is 0 Å². The molecule has 0 aromatic heterocycles. The second-order valence-corrected chi connectivity index (χ2v) is 4.66. The molecule has 1 aromatic carbocycles. The molecule has 1 amide bonds. The number of carbonyl (C=O) groups excluding carboxylic acids is 1. The van der Waals surface area contributed by atoms with Crippen LogP contribution in [0.5, 0.6) is 0 Å². The first-order valence-electron chi connectivity index (χ1n) is 6.57. The monoisotopic (exact) mass is 259 g/mol. The Morgan fingerprint density at radius 1 is 1.47 bits per heavy atom. The molecule has 2 N–H and O–H groups in total. The van der Waals surface area contributed by atoms with E-state index in [2.05, 4.69) is 31.0 Å². The molecule has 0 fully saturated rings. The fourth-order valence-electron chi connectivity index (χ4n) is 1.66. The summed E-state index contributed by atoms with van der Waals surface area (Å²) in [6, 6.07) is 5.46. The average Bonchev–Trinajstić information content (AvgIpc) is 2.43. The van der Waals surface area contributed by atoms with Crippen molar-refractivity contribution in [2.45, 2.75) is 27.2 Å². The maximum absolute atomic E-state index is 12.1. The second kappa shape index (κ2) is 7.60. The van der Waals surface area contributed by atoms with Crippen molar-refractivity contribution in [1.29, 1.82) is 0 Å². The van der Waals surface area contributed by atoms with Crippen LogP contribution in [0.3, 0.4) is 0 Å². The fourth-order valence-corrected chi connectivity index (χ4v) is 1.66. The minimum Gasteiger partial charge on any atom is -0.384 e. The molecule has 0 saturated heterocycles. The first-order chi connectivity index (χ1) is 9.10.